The van der Waals surface area contributed by atoms with Crippen LogP contribution in [0.5, 0.6) is 11.5 Å². The average Bonchev–Trinajstić information content (AvgIpc) is 2.77. The van der Waals surface area contributed by atoms with Crippen molar-refractivity contribution in [3.05, 3.63) is 53.3 Å². The number of ether oxygens (including phenoxy) is 2. The van der Waals surface area contributed by atoms with E-state index >= 15 is 0 Å². The summed E-state index contributed by atoms with van der Waals surface area (Å²) in [5, 5.41) is 0. The Morgan fingerprint density at radius 2 is 1.79 bits per heavy atom. The highest BCUT2D eigenvalue weighted by Gasteiger charge is 2.31. The second-order valence-electron chi connectivity index (χ2n) is 9.73. The Morgan fingerprint density at radius 1 is 1.12 bits per heavy atom. The summed E-state index contributed by atoms with van der Waals surface area (Å²) in [6.07, 6.45) is 1.45. The predicted molar refractivity (Wildman–Crippen MR) is 132 cm³/mol. The summed E-state index contributed by atoms with van der Waals surface area (Å²) in [7, 11) is 0. The Hall–Kier alpha value is -2.67. The molecule has 0 aliphatic carbocycles. The van der Waals surface area contributed by atoms with Crippen LogP contribution < -0.4 is 14.4 Å². The number of thiocarbonyl (C=S) groups is 1. The highest BCUT2D eigenvalue weighted by Crippen LogP contribution is 2.40. The molecule has 2 aromatic carbocycles. The van der Waals surface area contributed by atoms with Gasteiger partial charge < -0.3 is 19.3 Å². The topological polar surface area (TPSA) is 42.0 Å². The lowest BCUT2D eigenvalue weighted by Gasteiger charge is -2.40. The second kappa shape index (κ2) is 9.29. The Bertz CT molecular complexity index is 1040. The molecular weight excluding hydrogens is 439 g/mol. The van der Waals surface area contributed by atoms with Crippen LogP contribution in [0.1, 0.15) is 45.2 Å². The van der Waals surface area contributed by atoms with Crippen LogP contribution in [0.15, 0.2) is 36.4 Å². The van der Waals surface area contributed by atoms with E-state index in [1.54, 1.807) is 0 Å². The van der Waals surface area contributed by atoms with E-state index in [0.29, 0.717) is 5.75 Å². The molecule has 0 saturated carbocycles. The minimum Gasteiger partial charge on any atom is -0.483 e. The largest absolute Gasteiger partial charge is 0.483 e. The van der Waals surface area contributed by atoms with E-state index in [4.69, 9.17) is 21.7 Å². The van der Waals surface area contributed by atoms with Crippen LogP contribution in [-0.4, -0.2) is 48.1 Å². The summed E-state index contributed by atoms with van der Waals surface area (Å²) in [6, 6.07) is 10.6. The van der Waals surface area contributed by atoms with Gasteiger partial charge in [0.1, 0.15) is 28.4 Å². The molecule has 33 heavy (non-hydrogen) atoms. The number of hydrogen-bond acceptors (Lipinski definition) is 5. The maximum absolute atomic E-state index is 13.2. The molecule has 1 saturated heterocycles. The van der Waals surface area contributed by atoms with Gasteiger partial charge in [0, 0.05) is 44.4 Å². The lowest BCUT2D eigenvalue weighted by Crippen LogP contribution is -2.52. The number of esters is 1. The maximum atomic E-state index is 13.2. The maximum Gasteiger partial charge on any atom is 0.308 e. The Kier molecular flexibility index (Phi) is 6.61. The van der Waals surface area contributed by atoms with Gasteiger partial charge in [-0.05, 0) is 60.2 Å². The SMILES string of the molecule is CC(=O)Oc1cc2c(cc1C(C)(C)C)OC(C(=S)N1CCN(c3ccc(F)cc3)CC1)CC2. The van der Waals surface area contributed by atoms with Crippen LogP contribution in [0, 0.1) is 5.82 Å². The number of rotatable bonds is 3. The number of aryl methyl sites for hydroxylation is 1. The van der Waals surface area contributed by atoms with E-state index in [-0.39, 0.29) is 23.3 Å². The van der Waals surface area contributed by atoms with Crippen LogP contribution in [0.25, 0.3) is 0 Å². The van der Waals surface area contributed by atoms with Crippen molar-refractivity contribution in [3.8, 4) is 11.5 Å². The molecule has 0 radical (unpaired) electrons. The van der Waals surface area contributed by atoms with Gasteiger partial charge in [0.05, 0.1) is 0 Å². The van der Waals surface area contributed by atoms with Gasteiger partial charge in [0.25, 0.3) is 0 Å². The lowest BCUT2D eigenvalue weighted by molar-refractivity contribution is -0.131. The molecule has 0 spiro atoms. The molecule has 4 rings (SSSR count). The predicted octanol–water partition coefficient (Wildman–Crippen LogP) is 4.89. The molecule has 176 valence electrons. The normalized spacial score (nSPS) is 18.4. The molecule has 1 unspecified atom stereocenters. The number of halogens is 1. The van der Waals surface area contributed by atoms with Gasteiger partial charge in [0.15, 0.2) is 0 Å². The number of carbonyl (C=O) groups is 1. The molecule has 2 heterocycles. The average molecular weight is 471 g/mol. The van der Waals surface area contributed by atoms with Gasteiger partial charge in [-0.2, -0.15) is 0 Å². The number of nitrogens with zero attached hydrogens (tertiary/aromatic N) is 2. The summed E-state index contributed by atoms with van der Waals surface area (Å²) < 4.78 is 25.1. The highest BCUT2D eigenvalue weighted by molar-refractivity contribution is 7.80. The van der Waals surface area contributed by atoms with Gasteiger partial charge in [-0.15, -0.1) is 0 Å². The van der Waals surface area contributed by atoms with Crippen molar-refractivity contribution in [3.63, 3.8) is 0 Å². The van der Waals surface area contributed by atoms with Crippen LogP contribution >= 0.6 is 12.2 Å². The first-order valence-electron chi connectivity index (χ1n) is 11.4. The van der Waals surface area contributed by atoms with E-state index in [0.717, 1.165) is 66.6 Å². The molecule has 2 aliphatic rings. The third kappa shape index (κ3) is 5.29. The molecule has 1 atom stereocenters. The fraction of sp³-hybridized carbons (Fsp3) is 0.462. The summed E-state index contributed by atoms with van der Waals surface area (Å²) >= 11 is 5.85. The van der Waals surface area contributed by atoms with Gasteiger partial charge >= 0.3 is 5.97 Å². The van der Waals surface area contributed by atoms with E-state index in [1.165, 1.54) is 19.1 Å². The molecule has 0 amide bonds. The number of fused-ring (bicyclic) bond motifs is 1. The van der Waals surface area contributed by atoms with Gasteiger partial charge in [-0.25, -0.2) is 4.39 Å². The first kappa shape index (κ1) is 23.5. The monoisotopic (exact) mass is 470 g/mol. The quantitative estimate of drug-likeness (QED) is 0.361. The minimum atomic E-state index is -0.323. The summed E-state index contributed by atoms with van der Waals surface area (Å²) in [5.41, 5.74) is 2.81. The zero-order valence-corrected chi connectivity index (χ0v) is 20.5. The Morgan fingerprint density at radius 3 is 2.39 bits per heavy atom. The van der Waals surface area contributed by atoms with Crippen molar-refractivity contribution >= 4 is 28.9 Å². The smallest absolute Gasteiger partial charge is 0.308 e. The van der Waals surface area contributed by atoms with Crippen molar-refractivity contribution in [1.82, 2.24) is 4.90 Å². The minimum absolute atomic E-state index is 0.155. The Balaban J connectivity index is 1.44. The second-order valence-corrected chi connectivity index (χ2v) is 10.2. The van der Waals surface area contributed by atoms with Gasteiger partial charge in [0.2, 0.25) is 0 Å². The van der Waals surface area contributed by atoms with E-state index < -0.39 is 0 Å². The fourth-order valence-electron chi connectivity index (χ4n) is 4.45. The molecule has 0 bridgehead atoms. The highest BCUT2D eigenvalue weighted by atomic mass is 32.1. The third-order valence-electron chi connectivity index (χ3n) is 6.23. The molecule has 5 nitrogen and oxygen atoms in total. The van der Waals surface area contributed by atoms with E-state index in [1.807, 2.05) is 24.3 Å². The number of piperazine rings is 1. The number of anilines is 1. The summed E-state index contributed by atoms with van der Waals surface area (Å²) in [5.74, 6) is 0.883. The van der Waals surface area contributed by atoms with E-state index in [9.17, 15) is 9.18 Å². The summed E-state index contributed by atoms with van der Waals surface area (Å²) in [6.45, 7) is 11.0. The van der Waals surface area contributed by atoms with Crippen molar-refractivity contribution in [1.29, 1.82) is 0 Å². The van der Waals surface area contributed by atoms with Crippen LogP contribution in [0.3, 0.4) is 0 Å². The number of carbonyl (C=O) groups excluding carboxylic acids is 1. The van der Waals surface area contributed by atoms with Crippen LogP contribution in [0.4, 0.5) is 10.1 Å². The third-order valence-corrected chi connectivity index (χ3v) is 6.75. The zero-order valence-electron chi connectivity index (χ0n) is 19.7. The molecule has 7 heteroatoms. The van der Waals surface area contributed by atoms with Crippen molar-refractivity contribution in [2.75, 3.05) is 31.1 Å². The molecule has 2 aromatic rings. The van der Waals surface area contributed by atoms with Gasteiger partial charge in [-0.1, -0.05) is 33.0 Å². The molecule has 0 N–H and O–H groups in total. The summed E-state index contributed by atoms with van der Waals surface area (Å²) in [4.78, 5) is 16.9. The van der Waals surface area contributed by atoms with Crippen LogP contribution in [-0.2, 0) is 16.6 Å². The van der Waals surface area contributed by atoms with E-state index in [2.05, 4.69) is 30.6 Å². The van der Waals surface area contributed by atoms with Crippen molar-refractivity contribution < 1.29 is 18.7 Å². The molecule has 0 aromatic heterocycles. The van der Waals surface area contributed by atoms with Gasteiger partial charge in [-0.3, -0.25) is 4.79 Å². The lowest BCUT2D eigenvalue weighted by atomic mass is 9.84. The zero-order chi connectivity index (χ0) is 23.8. The number of benzene rings is 2. The molecule has 1 fully saturated rings. The first-order chi connectivity index (χ1) is 15.6. The molecular formula is C26H31FN2O3S. The first-order valence-corrected chi connectivity index (χ1v) is 11.8. The number of hydrogen-bond donors (Lipinski definition) is 0. The van der Waals surface area contributed by atoms with Crippen molar-refractivity contribution in [2.24, 2.45) is 0 Å². The molecule has 2 aliphatic heterocycles. The Labute approximate surface area is 200 Å². The fourth-order valence-corrected chi connectivity index (χ4v) is 4.79. The van der Waals surface area contributed by atoms with Crippen molar-refractivity contribution in [2.45, 2.75) is 52.1 Å². The standard InChI is InChI=1S/C26H31FN2O3S/c1-17(30)31-24-15-18-5-10-22(32-23(18)16-21(24)26(2,3)4)25(33)29-13-11-28(12-14-29)20-8-6-19(27)7-9-20/h6-9,15-16,22H,5,10-14H2,1-4H3. The van der Waals surface area contributed by atoms with Crippen LogP contribution in [0.2, 0.25) is 0 Å².